The zero-order chi connectivity index (χ0) is 17.4. The van der Waals surface area contributed by atoms with Crippen LogP contribution in [0.25, 0.3) is 0 Å². The van der Waals surface area contributed by atoms with Gasteiger partial charge >= 0.3 is 6.09 Å². The fourth-order valence-corrected chi connectivity index (χ4v) is 5.48. The van der Waals surface area contributed by atoms with Crippen LogP contribution in [0, 0.1) is 27.9 Å². The molecule has 4 bridgehead atoms. The molecule has 6 nitrogen and oxygen atoms in total. The van der Waals surface area contributed by atoms with Crippen LogP contribution in [0.1, 0.15) is 44.1 Å². The van der Waals surface area contributed by atoms with Gasteiger partial charge in [-0.2, -0.15) is 0 Å². The predicted molar refractivity (Wildman–Crippen MR) is 92.2 cm³/mol. The molecule has 0 aliphatic heterocycles. The molecule has 0 atom stereocenters. The second kappa shape index (κ2) is 6.32. The van der Waals surface area contributed by atoms with E-state index in [9.17, 15) is 14.9 Å². The molecule has 5 rings (SSSR count). The molecule has 1 amide bonds. The van der Waals surface area contributed by atoms with E-state index in [0.29, 0.717) is 13.0 Å². The highest BCUT2D eigenvalue weighted by atomic mass is 16.6. The second-order valence-electron chi connectivity index (χ2n) is 8.09. The van der Waals surface area contributed by atoms with Gasteiger partial charge in [-0.1, -0.05) is 12.1 Å². The van der Waals surface area contributed by atoms with Crippen LogP contribution in [-0.2, 0) is 11.2 Å². The van der Waals surface area contributed by atoms with Crippen LogP contribution in [0.4, 0.5) is 10.5 Å². The molecule has 0 radical (unpaired) electrons. The number of nitrogens with one attached hydrogen (secondary N) is 1. The molecule has 4 aliphatic rings. The molecule has 0 heterocycles. The monoisotopic (exact) mass is 344 g/mol. The van der Waals surface area contributed by atoms with Gasteiger partial charge in [-0.15, -0.1) is 0 Å². The minimum atomic E-state index is -0.412. The predicted octanol–water partition coefficient (Wildman–Crippen LogP) is 3.83. The number of carbonyl (C=O) groups excluding carboxylic acids is 1. The highest BCUT2D eigenvalue weighted by Gasteiger charge is 2.53. The first kappa shape index (κ1) is 16.4. The minimum Gasteiger partial charge on any atom is -0.443 e. The average Bonchev–Trinajstić information content (AvgIpc) is 2.53. The van der Waals surface area contributed by atoms with Gasteiger partial charge in [0.15, 0.2) is 0 Å². The molecule has 6 heteroatoms. The molecule has 134 valence electrons. The average molecular weight is 344 g/mol. The summed E-state index contributed by atoms with van der Waals surface area (Å²) >= 11 is 0. The Morgan fingerprint density at radius 1 is 1.12 bits per heavy atom. The molecule has 1 N–H and O–H groups in total. The number of benzene rings is 1. The number of nitro benzene ring substituents is 1. The van der Waals surface area contributed by atoms with Gasteiger partial charge in [0.1, 0.15) is 5.60 Å². The van der Waals surface area contributed by atoms with Crippen molar-refractivity contribution in [3.63, 3.8) is 0 Å². The van der Waals surface area contributed by atoms with Crippen molar-refractivity contribution in [2.45, 2.75) is 50.5 Å². The second-order valence-corrected chi connectivity index (χ2v) is 8.09. The zero-order valence-electron chi connectivity index (χ0n) is 14.3. The summed E-state index contributed by atoms with van der Waals surface area (Å²) in [7, 11) is 0. The van der Waals surface area contributed by atoms with E-state index < -0.39 is 4.92 Å². The van der Waals surface area contributed by atoms with Gasteiger partial charge in [0.2, 0.25) is 0 Å². The van der Waals surface area contributed by atoms with Crippen LogP contribution in [-0.4, -0.2) is 23.2 Å². The van der Waals surface area contributed by atoms with E-state index in [-0.39, 0.29) is 17.4 Å². The lowest BCUT2D eigenvalue weighted by Crippen LogP contribution is -2.53. The van der Waals surface area contributed by atoms with Crippen LogP contribution in [0.3, 0.4) is 0 Å². The standard InChI is InChI=1S/C19H24N2O4/c22-18(20-6-5-13-1-3-17(4-2-13)21(23)24)25-19-10-14-7-15(11-19)9-16(8-14)12-19/h1-4,14-16H,5-12H2,(H,20,22). The first-order chi connectivity index (χ1) is 12.0. The van der Waals surface area contributed by atoms with Crippen molar-refractivity contribution in [2.24, 2.45) is 17.8 Å². The number of rotatable bonds is 5. The first-order valence-corrected chi connectivity index (χ1v) is 9.21. The molecule has 1 aromatic rings. The van der Waals surface area contributed by atoms with Crippen LogP contribution in [0.5, 0.6) is 0 Å². The third kappa shape index (κ3) is 3.48. The molecule has 1 aromatic carbocycles. The fourth-order valence-electron chi connectivity index (χ4n) is 5.48. The molecule has 0 spiro atoms. The number of nitrogens with zero attached hydrogens (tertiary/aromatic N) is 1. The summed E-state index contributed by atoms with van der Waals surface area (Å²) in [5.74, 6) is 2.25. The Hall–Kier alpha value is -2.11. The van der Waals surface area contributed by atoms with Crippen LogP contribution < -0.4 is 5.32 Å². The summed E-state index contributed by atoms with van der Waals surface area (Å²) in [4.78, 5) is 22.5. The van der Waals surface area contributed by atoms with Crippen molar-refractivity contribution >= 4 is 11.8 Å². The molecule has 25 heavy (non-hydrogen) atoms. The molecular formula is C19H24N2O4. The van der Waals surface area contributed by atoms with E-state index in [1.807, 2.05) is 0 Å². The number of hydrogen-bond donors (Lipinski definition) is 1. The Labute approximate surface area is 147 Å². The summed E-state index contributed by atoms with van der Waals surface area (Å²) in [6.07, 6.45) is 7.40. The summed E-state index contributed by atoms with van der Waals surface area (Å²) in [6.45, 7) is 0.475. The molecular weight excluding hydrogens is 320 g/mol. The maximum Gasteiger partial charge on any atom is 0.407 e. The molecule has 0 saturated heterocycles. The van der Waals surface area contributed by atoms with Crippen molar-refractivity contribution in [1.29, 1.82) is 0 Å². The number of hydrogen-bond acceptors (Lipinski definition) is 4. The van der Waals surface area contributed by atoms with E-state index in [1.165, 1.54) is 31.4 Å². The third-order valence-electron chi connectivity index (χ3n) is 6.12. The van der Waals surface area contributed by atoms with E-state index in [2.05, 4.69) is 5.32 Å². The van der Waals surface area contributed by atoms with Gasteiger partial charge in [-0.05, 0) is 68.3 Å². The highest BCUT2D eigenvalue weighted by molar-refractivity contribution is 5.67. The molecule has 4 fully saturated rings. The molecule has 4 saturated carbocycles. The Morgan fingerprint density at radius 2 is 1.68 bits per heavy atom. The fraction of sp³-hybridized carbons (Fsp3) is 0.632. The Balaban J connectivity index is 1.26. The van der Waals surface area contributed by atoms with Crippen molar-refractivity contribution in [1.82, 2.24) is 5.32 Å². The summed E-state index contributed by atoms with van der Waals surface area (Å²) in [5.41, 5.74) is 0.824. The summed E-state index contributed by atoms with van der Waals surface area (Å²) < 4.78 is 5.90. The SMILES string of the molecule is O=C(NCCc1ccc([N+](=O)[O-])cc1)OC12CC3CC(CC(C3)C1)C2. The number of amides is 1. The van der Waals surface area contributed by atoms with E-state index in [4.69, 9.17) is 4.74 Å². The van der Waals surface area contributed by atoms with Crippen LogP contribution in [0.2, 0.25) is 0 Å². The number of nitro groups is 1. The number of ether oxygens (including phenoxy) is 1. The topological polar surface area (TPSA) is 81.5 Å². The van der Waals surface area contributed by atoms with Gasteiger partial charge < -0.3 is 10.1 Å². The summed E-state index contributed by atoms with van der Waals surface area (Å²) in [6, 6.07) is 6.43. The van der Waals surface area contributed by atoms with Crippen LogP contribution >= 0.6 is 0 Å². The Kier molecular flexibility index (Phi) is 4.13. The molecule has 0 unspecified atom stereocenters. The Morgan fingerprint density at radius 3 is 2.20 bits per heavy atom. The molecule has 4 aliphatic carbocycles. The number of alkyl carbamates (subject to hydrolysis) is 1. The normalized spacial score (nSPS) is 32.4. The quantitative estimate of drug-likeness (QED) is 0.650. The maximum atomic E-state index is 12.2. The van der Waals surface area contributed by atoms with Gasteiger partial charge in [0.05, 0.1) is 4.92 Å². The largest absolute Gasteiger partial charge is 0.443 e. The maximum absolute atomic E-state index is 12.2. The van der Waals surface area contributed by atoms with Crippen molar-refractivity contribution in [3.05, 3.63) is 39.9 Å². The van der Waals surface area contributed by atoms with E-state index in [0.717, 1.165) is 42.6 Å². The molecule has 0 aromatic heterocycles. The van der Waals surface area contributed by atoms with Gasteiger partial charge in [0.25, 0.3) is 5.69 Å². The van der Waals surface area contributed by atoms with Gasteiger partial charge in [-0.3, -0.25) is 10.1 Å². The van der Waals surface area contributed by atoms with Crippen molar-refractivity contribution < 1.29 is 14.5 Å². The first-order valence-electron chi connectivity index (χ1n) is 9.21. The highest BCUT2D eigenvalue weighted by Crippen LogP contribution is 2.57. The van der Waals surface area contributed by atoms with Gasteiger partial charge in [-0.25, -0.2) is 4.79 Å². The number of carbonyl (C=O) groups is 1. The van der Waals surface area contributed by atoms with Crippen LogP contribution in [0.15, 0.2) is 24.3 Å². The smallest absolute Gasteiger partial charge is 0.407 e. The van der Waals surface area contributed by atoms with E-state index in [1.54, 1.807) is 12.1 Å². The Bertz CT molecular complexity index is 635. The zero-order valence-corrected chi connectivity index (χ0v) is 14.3. The van der Waals surface area contributed by atoms with Gasteiger partial charge in [0, 0.05) is 18.7 Å². The van der Waals surface area contributed by atoms with Crippen molar-refractivity contribution in [2.75, 3.05) is 6.54 Å². The lowest BCUT2D eigenvalue weighted by molar-refractivity contribution is -0.384. The van der Waals surface area contributed by atoms with E-state index >= 15 is 0 Å². The lowest BCUT2D eigenvalue weighted by Gasteiger charge is -2.55. The minimum absolute atomic E-state index is 0.0814. The number of non-ortho nitro benzene ring substituents is 1. The summed E-state index contributed by atoms with van der Waals surface area (Å²) in [5, 5.41) is 13.5. The lowest BCUT2D eigenvalue weighted by atomic mass is 9.54. The van der Waals surface area contributed by atoms with Crippen molar-refractivity contribution in [3.8, 4) is 0 Å². The third-order valence-corrected chi connectivity index (χ3v) is 6.12.